The van der Waals surface area contributed by atoms with Gasteiger partial charge in [0.1, 0.15) is 0 Å². The first kappa shape index (κ1) is 22.4. The Hall–Kier alpha value is -0.880. The maximum Gasteiger partial charge on any atom is 0.279 e. The third-order valence-corrected chi connectivity index (χ3v) is 6.73. The zero-order valence-electron chi connectivity index (χ0n) is 16.0. The highest BCUT2D eigenvalue weighted by Gasteiger charge is 2.38. The predicted octanol–water partition coefficient (Wildman–Crippen LogP) is -0.143. The molecule has 0 aromatic rings. The molecule has 27 heavy (non-hydrogen) atoms. The third kappa shape index (κ3) is 6.60. The van der Waals surface area contributed by atoms with Crippen molar-refractivity contribution in [3.05, 3.63) is 0 Å². The van der Waals surface area contributed by atoms with E-state index in [1.807, 2.05) is 4.90 Å². The van der Waals surface area contributed by atoms with Crippen LogP contribution < -0.4 is 4.72 Å². The average Bonchev–Trinajstić information content (AvgIpc) is 2.77. The summed E-state index contributed by atoms with van der Waals surface area (Å²) in [6, 6.07) is 0. The summed E-state index contributed by atoms with van der Waals surface area (Å²) in [5, 5.41) is 10.9. The predicted molar refractivity (Wildman–Crippen MR) is 96.6 cm³/mol. The summed E-state index contributed by atoms with van der Waals surface area (Å²) in [5.74, 6) is -2.96. The molecule has 2 aliphatic heterocycles. The van der Waals surface area contributed by atoms with Crippen LogP contribution in [-0.2, 0) is 15.0 Å². The van der Waals surface area contributed by atoms with E-state index in [-0.39, 0.29) is 38.4 Å². The number of alkyl halides is 2. The largest absolute Gasteiger partial charge is 0.388 e. The second kappa shape index (κ2) is 8.64. The highest BCUT2D eigenvalue weighted by Crippen LogP contribution is 2.30. The van der Waals surface area contributed by atoms with Gasteiger partial charge >= 0.3 is 0 Å². The van der Waals surface area contributed by atoms with Crippen molar-refractivity contribution >= 4 is 16.1 Å². The fourth-order valence-corrected chi connectivity index (χ4v) is 4.00. The summed E-state index contributed by atoms with van der Waals surface area (Å²) in [6.45, 7) is 1.24. The number of aliphatic hydroxyl groups is 1. The van der Waals surface area contributed by atoms with Crippen molar-refractivity contribution < 1.29 is 27.1 Å². The maximum absolute atomic E-state index is 13.3. The Bertz CT molecular complexity index is 622. The summed E-state index contributed by atoms with van der Waals surface area (Å²) < 4.78 is 53.2. The summed E-state index contributed by atoms with van der Waals surface area (Å²) in [4.78, 5) is 15.7. The van der Waals surface area contributed by atoms with E-state index in [9.17, 15) is 27.1 Å². The van der Waals surface area contributed by atoms with Gasteiger partial charge < -0.3 is 14.9 Å². The van der Waals surface area contributed by atoms with Gasteiger partial charge in [-0.3, -0.25) is 4.79 Å². The summed E-state index contributed by atoms with van der Waals surface area (Å²) in [5.41, 5.74) is -1.02. The van der Waals surface area contributed by atoms with E-state index >= 15 is 0 Å². The monoisotopic (exact) mass is 412 g/mol. The highest BCUT2D eigenvalue weighted by molar-refractivity contribution is 7.87. The van der Waals surface area contributed by atoms with E-state index in [1.54, 1.807) is 4.90 Å². The van der Waals surface area contributed by atoms with Crippen molar-refractivity contribution in [3.63, 3.8) is 0 Å². The molecule has 2 aliphatic rings. The van der Waals surface area contributed by atoms with Gasteiger partial charge in [-0.25, -0.2) is 8.78 Å². The average molecular weight is 413 g/mol. The molecular weight excluding hydrogens is 382 g/mol. The molecule has 158 valence electrons. The number of carbonyl (C=O) groups excluding carboxylic acids is 1. The number of hydrogen-bond donors (Lipinski definition) is 2. The van der Waals surface area contributed by atoms with Crippen molar-refractivity contribution in [2.45, 2.75) is 43.6 Å². The first-order valence-corrected chi connectivity index (χ1v) is 10.6. The van der Waals surface area contributed by atoms with Crippen molar-refractivity contribution in [2.24, 2.45) is 0 Å². The van der Waals surface area contributed by atoms with Crippen molar-refractivity contribution in [2.75, 3.05) is 53.4 Å². The fourth-order valence-electron chi connectivity index (χ4n) is 3.43. The molecule has 0 unspecified atom stereocenters. The van der Waals surface area contributed by atoms with Crippen LogP contribution in [0.15, 0.2) is 0 Å². The van der Waals surface area contributed by atoms with Gasteiger partial charge in [0, 0.05) is 59.7 Å². The Balaban J connectivity index is 1.84. The lowest BCUT2D eigenvalue weighted by molar-refractivity contribution is -0.130. The lowest BCUT2D eigenvalue weighted by atomic mass is 9.93. The first-order valence-electron chi connectivity index (χ1n) is 9.20. The van der Waals surface area contributed by atoms with Gasteiger partial charge in [-0.2, -0.15) is 17.4 Å². The molecule has 0 aliphatic carbocycles. The zero-order chi connectivity index (χ0) is 20.3. The first-order chi connectivity index (χ1) is 12.4. The van der Waals surface area contributed by atoms with Gasteiger partial charge in [0.25, 0.3) is 16.1 Å². The van der Waals surface area contributed by atoms with Crippen LogP contribution in [0.1, 0.15) is 32.1 Å². The molecule has 2 rings (SSSR count). The minimum atomic E-state index is -3.67. The SMILES string of the molecule is CN(C)S(=O)(=O)NCC(=O)N1CCC[C@](O)(CN2CCC(F)(F)CC2)CC1. The number of rotatable bonds is 6. The molecule has 0 aromatic heterocycles. The molecule has 1 atom stereocenters. The number of halogens is 2. The second-order valence-corrected chi connectivity index (χ2v) is 9.67. The van der Waals surface area contributed by atoms with E-state index < -0.39 is 21.7 Å². The van der Waals surface area contributed by atoms with Crippen LogP contribution in [0.4, 0.5) is 8.78 Å². The Morgan fingerprint density at radius 1 is 1.11 bits per heavy atom. The third-order valence-electron chi connectivity index (χ3n) is 5.26. The number of likely N-dealkylation sites (tertiary alicyclic amines) is 2. The lowest BCUT2D eigenvalue weighted by Crippen LogP contribution is -2.49. The van der Waals surface area contributed by atoms with Gasteiger partial charge in [-0.15, -0.1) is 0 Å². The van der Waals surface area contributed by atoms with Crippen molar-refractivity contribution in [1.82, 2.24) is 18.8 Å². The number of carbonyl (C=O) groups is 1. The Kier molecular flexibility index (Phi) is 7.17. The number of amides is 1. The fraction of sp³-hybridized carbons (Fsp3) is 0.938. The quantitative estimate of drug-likeness (QED) is 0.633. The molecule has 2 saturated heterocycles. The maximum atomic E-state index is 13.3. The Morgan fingerprint density at radius 2 is 1.74 bits per heavy atom. The van der Waals surface area contributed by atoms with E-state index in [0.717, 1.165) is 4.31 Å². The summed E-state index contributed by atoms with van der Waals surface area (Å²) >= 11 is 0. The second-order valence-electron chi connectivity index (χ2n) is 7.70. The topological polar surface area (TPSA) is 93.2 Å². The minimum Gasteiger partial charge on any atom is -0.388 e. The Morgan fingerprint density at radius 3 is 2.33 bits per heavy atom. The number of nitrogens with zero attached hydrogens (tertiary/aromatic N) is 3. The Labute approximate surface area is 159 Å². The van der Waals surface area contributed by atoms with Gasteiger partial charge in [0.2, 0.25) is 5.91 Å². The molecule has 0 spiro atoms. The molecular formula is C16H30F2N4O4S. The van der Waals surface area contributed by atoms with Crippen LogP contribution >= 0.6 is 0 Å². The van der Waals surface area contributed by atoms with Crippen LogP contribution in [0, 0.1) is 0 Å². The van der Waals surface area contributed by atoms with Gasteiger partial charge in [0.15, 0.2) is 0 Å². The summed E-state index contributed by atoms with van der Waals surface area (Å²) in [7, 11) is -0.933. The normalized spacial score (nSPS) is 27.6. The summed E-state index contributed by atoms with van der Waals surface area (Å²) in [6.07, 6.45) is 1.01. The van der Waals surface area contributed by atoms with Gasteiger partial charge in [-0.1, -0.05) is 0 Å². The van der Waals surface area contributed by atoms with Crippen LogP contribution in [0.5, 0.6) is 0 Å². The molecule has 1 amide bonds. The molecule has 2 fully saturated rings. The van der Waals surface area contributed by atoms with Crippen LogP contribution in [-0.4, -0.2) is 98.4 Å². The van der Waals surface area contributed by atoms with Crippen LogP contribution in [0.3, 0.4) is 0 Å². The molecule has 8 nitrogen and oxygen atoms in total. The highest BCUT2D eigenvalue weighted by atomic mass is 32.2. The molecule has 0 radical (unpaired) electrons. The van der Waals surface area contributed by atoms with E-state index in [0.29, 0.717) is 38.9 Å². The lowest BCUT2D eigenvalue weighted by Gasteiger charge is -2.37. The minimum absolute atomic E-state index is 0.195. The molecule has 2 N–H and O–H groups in total. The van der Waals surface area contributed by atoms with Crippen LogP contribution in [0.2, 0.25) is 0 Å². The number of nitrogens with one attached hydrogen (secondary N) is 1. The molecule has 0 bridgehead atoms. The van der Waals surface area contributed by atoms with Crippen molar-refractivity contribution in [3.8, 4) is 0 Å². The standard InChI is InChI=1S/C16H30F2N4O4S/c1-20(2)27(25,26)19-12-14(23)22-8-3-4-15(24,5-11-22)13-21-9-6-16(17,18)7-10-21/h19,24H,3-13H2,1-2H3/t15-/m1/s1. The van der Waals surface area contributed by atoms with Crippen LogP contribution in [0.25, 0.3) is 0 Å². The number of hydrogen-bond acceptors (Lipinski definition) is 5. The van der Waals surface area contributed by atoms with Crippen molar-refractivity contribution in [1.29, 1.82) is 0 Å². The van der Waals surface area contributed by atoms with E-state index in [2.05, 4.69) is 4.72 Å². The molecule has 0 aromatic carbocycles. The smallest absolute Gasteiger partial charge is 0.279 e. The molecule has 2 heterocycles. The van der Waals surface area contributed by atoms with E-state index in [4.69, 9.17) is 0 Å². The van der Waals surface area contributed by atoms with Gasteiger partial charge in [0.05, 0.1) is 12.1 Å². The zero-order valence-corrected chi connectivity index (χ0v) is 16.8. The molecule has 0 saturated carbocycles. The number of piperidine rings is 1. The number of β-amino-alcohol motifs (C(OH)–C–C–N with tert-alkyl or cyclic N) is 1. The van der Waals surface area contributed by atoms with Gasteiger partial charge in [-0.05, 0) is 19.3 Å². The molecule has 11 heteroatoms. The van der Waals surface area contributed by atoms with E-state index in [1.165, 1.54) is 14.1 Å².